The molecule has 8 rings (SSSR count). The van der Waals surface area contributed by atoms with Crippen molar-refractivity contribution < 1.29 is 23.5 Å². The van der Waals surface area contributed by atoms with Gasteiger partial charge in [-0.1, -0.05) is 40.2 Å². The molecule has 1 saturated heterocycles. The topological polar surface area (TPSA) is 84.8 Å². The number of phenols is 1. The summed E-state index contributed by atoms with van der Waals surface area (Å²) in [5.41, 5.74) is 6.66. The Morgan fingerprint density at radius 3 is 2.43 bits per heavy atom. The Bertz CT molecular complexity index is 2330. The molecule has 0 aliphatic carbocycles. The van der Waals surface area contributed by atoms with Crippen molar-refractivity contribution in [3.05, 3.63) is 142 Å². The van der Waals surface area contributed by atoms with E-state index in [0.29, 0.717) is 47.7 Å². The molecule has 11 heteroatoms. The fourth-order valence-corrected chi connectivity index (χ4v) is 7.98. The number of fused-ring (bicyclic) bond motifs is 2. The number of alkyl halides is 2. The third-order valence-electron chi connectivity index (χ3n) is 10.5. The number of nitrogens with zero attached hydrogens (tertiary/aromatic N) is 4. The summed E-state index contributed by atoms with van der Waals surface area (Å²) in [5, 5.41) is 11.0. The normalized spacial score (nSPS) is 17.1. The maximum atomic E-state index is 14.8. The summed E-state index contributed by atoms with van der Waals surface area (Å²) in [4.78, 5) is 38.1. The Kier molecular flexibility index (Phi) is 9.16. The molecule has 0 spiro atoms. The molecule has 0 saturated carbocycles. The number of aromatic hydroxyl groups is 1. The number of H-pyrrole nitrogens is 1. The van der Waals surface area contributed by atoms with E-state index in [9.17, 15) is 23.5 Å². The molecule has 1 atom stereocenters. The van der Waals surface area contributed by atoms with Gasteiger partial charge in [-0.05, 0) is 97.3 Å². The number of hydrogen-bond acceptors (Lipinski definition) is 4. The molecule has 2 aliphatic rings. The molecule has 8 nitrogen and oxygen atoms in total. The standard InChI is InChI=1S/C42H38BrF2N5O3/c1-27-20-31(40(52)50(33-7-10-36(51)11-8-33)34-9-13-38-29(22-34)14-17-46-38)25-48(27)39-23-32(43)6-12-37(39)41(53)49-24-30-5-3-2-4-28(30)21-35(49)26-47-18-15-42(44,45)16-19-47/h2-14,17,20,22-23,25,35,46,51H,15-16,18-19,21,24,26H2,1H3/t35-/m0/s1. The second-order valence-electron chi connectivity index (χ2n) is 14.0. The quantitative estimate of drug-likeness (QED) is 0.170. The molecule has 2 aliphatic heterocycles. The number of carbonyl (C=O) groups excluding carboxylic acids is 2. The summed E-state index contributed by atoms with van der Waals surface area (Å²) in [6.45, 7) is 3.38. The number of nitrogens with one attached hydrogen (secondary N) is 1. The van der Waals surface area contributed by atoms with E-state index in [1.165, 1.54) is 0 Å². The van der Waals surface area contributed by atoms with E-state index in [1.807, 2.05) is 83.3 Å². The predicted octanol–water partition coefficient (Wildman–Crippen LogP) is 9.01. The largest absolute Gasteiger partial charge is 0.508 e. The number of aromatic amines is 1. The highest BCUT2D eigenvalue weighted by Gasteiger charge is 2.38. The molecule has 0 bridgehead atoms. The Morgan fingerprint density at radius 1 is 0.925 bits per heavy atom. The van der Waals surface area contributed by atoms with Gasteiger partial charge in [0.05, 0.1) is 16.8 Å². The summed E-state index contributed by atoms with van der Waals surface area (Å²) in [5.74, 6) is -3.01. The lowest BCUT2D eigenvalue weighted by molar-refractivity contribution is -0.0587. The Morgan fingerprint density at radius 2 is 1.66 bits per heavy atom. The number of aromatic nitrogens is 2. The van der Waals surface area contributed by atoms with Crippen molar-refractivity contribution >= 4 is 50.0 Å². The van der Waals surface area contributed by atoms with Gasteiger partial charge in [-0.25, -0.2) is 8.78 Å². The lowest BCUT2D eigenvalue weighted by Gasteiger charge is -2.41. The van der Waals surface area contributed by atoms with Gasteiger partial charge in [0.25, 0.3) is 17.7 Å². The van der Waals surface area contributed by atoms with Crippen LogP contribution in [0.4, 0.5) is 20.2 Å². The minimum atomic E-state index is -2.65. The van der Waals surface area contributed by atoms with Crippen LogP contribution >= 0.6 is 15.9 Å². The van der Waals surface area contributed by atoms with Crippen LogP contribution in [0.15, 0.2) is 114 Å². The van der Waals surface area contributed by atoms with Gasteiger partial charge in [-0.15, -0.1) is 0 Å². The Balaban J connectivity index is 1.14. The lowest BCUT2D eigenvalue weighted by Crippen LogP contribution is -2.52. The van der Waals surface area contributed by atoms with Crippen molar-refractivity contribution in [2.24, 2.45) is 0 Å². The van der Waals surface area contributed by atoms with Gasteiger partial charge >= 0.3 is 0 Å². The van der Waals surface area contributed by atoms with Crippen LogP contribution in [0, 0.1) is 6.92 Å². The molecular weight excluding hydrogens is 740 g/mol. The maximum absolute atomic E-state index is 14.8. The number of carbonyl (C=O) groups is 2. The summed E-state index contributed by atoms with van der Waals surface area (Å²) >= 11 is 3.61. The maximum Gasteiger partial charge on any atom is 0.264 e. The van der Waals surface area contributed by atoms with Gasteiger partial charge in [0, 0.05) is 89.9 Å². The van der Waals surface area contributed by atoms with Gasteiger partial charge < -0.3 is 24.5 Å². The molecule has 270 valence electrons. The number of amides is 2. The predicted molar refractivity (Wildman–Crippen MR) is 206 cm³/mol. The van der Waals surface area contributed by atoms with Gasteiger partial charge in [0.2, 0.25) is 0 Å². The van der Waals surface area contributed by atoms with E-state index >= 15 is 0 Å². The van der Waals surface area contributed by atoms with E-state index in [2.05, 4.69) is 31.9 Å². The molecule has 6 aromatic rings. The fourth-order valence-electron chi connectivity index (χ4n) is 7.63. The first kappa shape index (κ1) is 34.8. The molecule has 53 heavy (non-hydrogen) atoms. The SMILES string of the molecule is Cc1cc(C(=O)N(c2ccc(O)cc2)c2ccc3[nH]ccc3c2)cn1-c1cc(Br)ccc1C(=O)N1Cc2ccccc2C[C@H]1CN1CCC(F)(F)CC1. The number of rotatable bonds is 7. The highest BCUT2D eigenvalue weighted by Crippen LogP contribution is 2.35. The first-order valence-corrected chi connectivity index (χ1v) is 18.5. The van der Waals surface area contributed by atoms with Crippen molar-refractivity contribution in [3.63, 3.8) is 0 Å². The van der Waals surface area contributed by atoms with E-state index < -0.39 is 5.92 Å². The van der Waals surface area contributed by atoms with Crippen molar-refractivity contribution in [2.75, 3.05) is 24.5 Å². The zero-order valence-corrected chi connectivity index (χ0v) is 30.7. The summed E-state index contributed by atoms with van der Waals surface area (Å²) in [7, 11) is 0. The first-order valence-electron chi connectivity index (χ1n) is 17.7. The van der Waals surface area contributed by atoms with Crippen molar-refractivity contribution in [2.45, 2.75) is 44.7 Å². The van der Waals surface area contributed by atoms with Crippen molar-refractivity contribution in [1.82, 2.24) is 19.4 Å². The number of likely N-dealkylation sites (tertiary alicyclic amines) is 1. The van der Waals surface area contributed by atoms with Crippen LogP contribution in [0.2, 0.25) is 0 Å². The van der Waals surface area contributed by atoms with Gasteiger partial charge in [-0.2, -0.15) is 0 Å². The molecule has 2 N–H and O–H groups in total. The molecular formula is C42H38BrF2N5O3. The van der Waals surface area contributed by atoms with Crippen LogP contribution in [0.5, 0.6) is 5.75 Å². The molecule has 4 aromatic carbocycles. The number of halogens is 3. The van der Waals surface area contributed by atoms with E-state index in [-0.39, 0.29) is 49.5 Å². The average Bonchev–Trinajstić information content (AvgIpc) is 3.79. The highest BCUT2D eigenvalue weighted by molar-refractivity contribution is 9.10. The van der Waals surface area contributed by atoms with E-state index in [1.54, 1.807) is 41.4 Å². The molecule has 2 aromatic heterocycles. The molecule has 4 heterocycles. The molecule has 2 amide bonds. The van der Waals surface area contributed by atoms with Crippen LogP contribution < -0.4 is 4.90 Å². The molecule has 0 radical (unpaired) electrons. The Hall–Kier alpha value is -5.26. The third-order valence-corrected chi connectivity index (χ3v) is 11.0. The summed E-state index contributed by atoms with van der Waals surface area (Å²) in [6, 6.07) is 29.4. The lowest BCUT2D eigenvalue weighted by atomic mass is 9.92. The van der Waals surface area contributed by atoms with E-state index in [4.69, 9.17) is 0 Å². The van der Waals surface area contributed by atoms with Crippen LogP contribution in [0.1, 0.15) is 50.4 Å². The molecule has 0 unspecified atom stereocenters. The first-order chi connectivity index (χ1) is 25.5. The van der Waals surface area contributed by atoms with Crippen LogP contribution in [-0.4, -0.2) is 67.9 Å². The summed E-state index contributed by atoms with van der Waals surface area (Å²) in [6.07, 6.45) is 3.88. The number of phenolic OH excluding ortho intramolecular Hbond substituents is 1. The zero-order chi connectivity index (χ0) is 36.9. The van der Waals surface area contributed by atoms with Crippen LogP contribution in [-0.2, 0) is 13.0 Å². The van der Waals surface area contributed by atoms with Crippen LogP contribution in [0.25, 0.3) is 16.6 Å². The van der Waals surface area contributed by atoms with Gasteiger partial charge in [0.1, 0.15) is 5.75 Å². The minimum absolute atomic E-state index is 0.0907. The second kappa shape index (κ2) is 13.9. The smallest absolute Gasteiger partial charge is 0.264 e. The average molecular weight is 779 g/mol. The van der Waals surface area contributed by atoms with Gasteiger partial charge in [0.15, 0.2) is 0 Å². The fraction of sp³-hybridized carbons (Fsp3) is 0.238. The van der Waals surface area contributed by atoms with Crippen molar-refractivity contribution in [3.8, 4) is 11.4 Å². The molecule has 1 fully saturated rings. The zero-order valence-electron chi connectivity index (χ0n) is 29.1. The third kappa shape index (κ3) is 6.98. The Labute approximate surface area is 314 Å². The second-order valence-corrected chi connectivity index (χ2v) is 14.9. The number of hydrogen-bond donors (Lipinski definition) is 2. The van der Waals surface area contributed by atoms with Crippen molar-refractivity contribution in [1.29, 1.82) is 0 Å². The number of piperidine rings is 1. The van der Waals surface area contributed by atoms with E-state index in [0.717, 1.165) is 32.2 Å². The minimum Gasteiger partial charge on any atom is -0.508 e. The van der Waals surface area contributed by atoms with Gasteiger partial charge in [-0.3, -0.25) is 14.5 Å². The summed E-state index contributed by atoms with van der Waals surface area (Å²) < 4.78 is 30.7. The number of anilines is 2. The van der Waals surface area contributed by atoms with Crippen LogP contribution in [0.3, 0.4) is 0 Å². The highest BCUT2D eigenvalue weighted by atomic mass is 79.9. The number of aryl methyl sites for hydroxylation is 1. The monoisotopic (exact) mass is 777 g/mol. The number of benzene rings is 4.